The molecular weight excluding hydrogens is 286 g/mol. The molecule has 2 N–H and O–H groups in total. The topological polar surface area (TPSA) is 66.4 Å². The molecule has 0 aliphatic rings. The van der Waals surface area contributed by atoms with Crippen LogP contribution >= 0.6 is 11.3 Å². The van der Waals surface area contributed by atoms with Crippen molar-refractivity contribution in [1.82, 2.24) is 5.32 Å². The zero-order chi connectivity index (χ0) is 15.1. The standard InChI is InChI=1S/C16H15NO3S/c18-15(10-12-4-2-1-3-5-12)17-11-14-7-6-13(21-14)8-9-16(19)20/h1-9H,10-11H2,(H,17,18)(H,19,20). The van der Waals surface area contributed by atoms with Gasteiger partial charge in [-0.2, -0.15) is 0 Å². The van der Waals surface area contributed by atoms with Crippen LogP contribution in [-0.4, -0.2) is 17.0 Å². The lowest BCUT2D eigenvalue weighted by Crippen LogP contribution is -2.24. The van der Waals surface area contributed by atoms with E-state index in [9.17, 15) is 9.59 Å². The molecule has 0 unspecified atom stereocenters. The summed E-state index contributed by atoms with van der Waals surface area (Å²) in [7, 11) is 0. The van der Waals surface area contributed by atoms with Gasteiger partial charge in [-0.3, -0.25) is 4.79 Å². The SMILES string of the molecule is O=C(O)C=Cc1ccc(CNC(=O)Cc2ccccc2)s1. The number of thiophene rings is 1. The molecular formula is C16H15NO3S. The van der Waals surface area contributed by atoms with Gasteiger partial charge in [-0.1, -0.05) is 30.3 Å². The molecule has 2 rings (SSSR count). The van der Waals surface area contributed by atoms with Crippen LogP contribution < -0.4 is 5.32 Å². The van der Waals surface area contributed by atoms with Crippen LogP contribution in [0.4, 0.5) is 0 Å². The van der Waals surface area contributed by atoms with E-state index >= 15 is 0 Å². The molecule has 1 aromatic carbocycles. The van der Waals surface area contributed by atoms with Crippen LogP contribution in [0.25, 0.3) is 6.08 Å². The normalized spacial score (nSPS) is 10.7. The number of aliphatic carboxylic acids is 1. The van der Waals surface area contributed by atoms with E-state index in [1.54, 1.807) is 6.08 Å². The molecule has 1 heterocycles. The highest BCUT2D eigenvalue weighted by atomic mass is 32.1. The van der Waals surface area contributed by atoms with Crippen molar-refractivity contribution in [3.63, 3.8) is 0 Å². The lowest BCUT2D eigenvalue weighted by atomic mass is 10.1. The van der Waals surface area contributed by atoms with Crippen molar-refractivity contribution in [2.24, 2.45) is 0 Å². The molecule has 0 fully saturated rings. The molecule has 0 saturated carbocycles. The molecule has 1 amide bonds. The quantitative estimate of drug-likeness (QED) is 0.806. The predicted octanol–water partition coefficient (Wildman–Crippen LogP) is 2.70. The molecule has 0 atom stereocenters. The van der Waals surface area contributed by atoms with Crippen molar-refractivity contribution in [1.29, 1.82) is 0 Å². The van der Waals surface area contributed by atoms with E-state index < -0.39 is 5.97 Å². The molecule has 4 nitrogen and oxygen atoms in total. The van der Waals surface area contributed by atoms with Crippen molar-refractivity contribution < 1.29 is 14.7 Å². The highest BCUT2D eigenvalue weighted by Crippen LogP contribution is 2.17. The van der Waals surface area contributed by atoms with Gasteiger partial charge >= 0.3 is 5.97 Å². The Balaban J connectivity index is 1.83. The van der Waals surface area contributed by atoms with Crippen molar-refractivity contribution >= 4 is 29.3 Å². The third-order valence-corrected chi connectivity index (χ3v) is 3.79. The number of nitrogens with one attached hydrogen (secondary N) is 1. The maximum absolute atomic E-state index is 11.8. The smallest absolute Gasteiger partial charge is 0.328 e. The Morgan fingerprint density at radius 3 is 2.62 bits per heavy atom. The van der Waals surface area contributed by atoms with Gasteiger partial charge in [-0.25, -0.2) is 4.79 Å². The summed E-state index contributed by atoms with van der Waals surface area (Å²) in [6.07, 6.45) is 3.00. The first kappa shape index (κ1) is 15.0. The Labute approximate surface area is 126 Å². The van der Waals surface area contributed by atoms with Crippen molar-refractivity contribution in [2.75, 3.05) is 0 Å². The Hall–Kier alpha value is -2.40. The van der Waals surface area contributed by atoms with Crippen LogP contribution in [0.2, 0.25) is 0 Å². The van der Waals surface area contributed by atoms with Crippen LogP contribution in [-0.2, 0) is 22.6 Å². The van der Waals surface area contributed by atoms with E-state index in [1.807, 2.05) is 42.5 Å². The zero-order valence-corrected chi connectivity index (χ0v) is 12.1. The van der Waals surface area contributed by atoms with Crippen molar-refractivity contribution in [3.8, 4) is 0 Å². The van der Waals surface area contributed by atoms with E-state index in [0.717, 1.165) is 21.4 Å². The first-order chi connectivity index (χ1) is 10.1. The van der Waals surface area contributed by atoms with Gasteiger partial charge in [0.25, 0.3) is 0 Å². The van der Waals surface area contributed by atoms with Gasteiger partial charge in [-0.15, -0.1) is 11.3 Å². The minimum Gasteiger partial charge on any atom is -0.478 e. The van der Waals surface area contributed by atoms with Crippen molar-refractivity contribution in [2.45, 2.75) is 13.0 Å². The third kappa shape index (κ3) is 5.24. The first-order valence-electron chi connectivity index (χ1n) is 6.44. The fraction of sp³-hybridized carbons (Fsp3) is 0.125. The second-order valence-corrected chi connectivity index (χ2v) is 5.61. The van der Waals surface area contributed by atoms with E-state index in [4.69, 9.17) is 5.11 Å². The van der Waals surface area contributed by atoms with Gasteiger partial charge in [0, 0.05) is 15.8 Å². The second kappa shape index (κ2) is 7.40. The minimum absolute atomic E-state index is 0.0303. The molecule has 108 valence electrons. The molecule has 1 aromatic heterocycles. The average molecular weight is 301 g/mol. The molecule has 0 bridgehead atoms. The second-order valence-electron chi connectivity index (χ2n) is 4.41. The Morgan fingerprint density at radius 2 is 1.90 bits per heavy atom. The monoisotopic (exact) mass is 301 g/mol. The van der Waals surface area contributed by atoms with Gasteiger partial charge in [0.1, 0.15) is 0 Å². The summed E-state index contributed by atoms with van der Waals surface area (Å²) in [6, 6.07) is 13.3. The lowest BCUT2D eigenvalue weighted by Gasteiger charge is -2.03. The molecule has 0 radical (unpaired) electrons. The summed E-state index contributed by atoms with van der Waals surface area (Å²) in [6.45, 7) is 0.456. The summed E-state index contributed by atoms with van der Waals surface area (Å²) in [5.74, 6) is -1.00. The maximum Gasteiger partial charge on any atom is 0.328 e. The maximum atomic E-state index is 11.8. The summed E-state index contributed by atoms with van der Waals surface area (Å²) < 4.78 is 0. The fourth-order valence-corrected chi connectivity index (χ4v) is 2.62. The zero-order valence-electron chi connectivity index (χ0n) is 11.3. The summed E-state index contributed by atoms with van der Waals surface area (Å²) >= 11 is 1.46. The Kier molecular flexibility index (Phi) is 5.29. The van der Waals surface area contributed by atoms with Crippen LogP contribution in [0.15, 0.2) is 48.5 Å². The van der Waals surface area contributed by atoms with E-state index in [0.29, 0.717) is 13.0 Å². The minimum atomic E-state index is -0.971. The summed E-state index contributed by atoms with van der Waals surface area (Å²) in [4.78, 5) is 24.1. The average Bonchev–Trinajstić information content (AvgIpc) is 2.92. The van der Waals surface area contributed by atoms with E-state index in [2.05, 4.69) is 5.32 Å². The summed E-state index contributed by atoms with van der Waals surface area (Å²) in [5, 5.41) is 11.4. The fourth-order valence-electron chi connectivity index (χ4n) is 1.76. The number of carbonyl (C=O) groups is 2. The lowest BCUT2D eigenvalue weighted by molar-refractivity contribution is -0.131. The molecule has 0 aliphatic carbocycles. The number of hydrogen-bond donors (Lipinski definition) is 2. The van der Waals surface area contributed by atoms with Gasteiger partial charge in [0.05, 0.1) is 13.0 Å². The van der Waals surface area contributed by atoms with Gasteiger partial charge in [0.2, 0.25) is 5.91 Å². The Morgan fingerprint density at radius 1 is 1.14 bits per heavy atom. The molecule has 0 spiro atoms. The number of benzene rings is 1. The van der Waals surface area contributed by atoms with Crippen LogP contribution in [0.1, 0.15) is 15.3 Å². The van der Waals surface area contributed by atoms with Gasteiger partial charge in [-0.05, 0) is 23.8 Å². The van der Waals surface area contributed by atoms with Crippen molar-refractivity contribution in [3.05, 3.63) is 63.9 Å². The largest absolute Gasteiger partial charge is 0.478 e. The molecule has 0 aliphatic heterocycles. The van der Waals surface area contributed by atoms with E-state index in [-0.39, 0.29) is 5.91 Å². The first-order valence-corrected chi connectivity index (χ1v) is 7.25. The van der Waals surface area contributed by atoms with Gasteiger partial charge in [0.15, 0.2) is 0 Å². The molecule has 21 heavy (non-hydrogen) atoms. The van der Waals surface area contributed by atoms with Crippen LogP contribution in [0.5, 0.6) is 0 Å². The highest BCUT2D eigenvalue weighted by Gasteiger charge is 2.04. The van der Waals surface area contributed by atoms with E-state index in [1.165, 1.54) is 11.3 Å². The molecule has 2 aromatic rings. The highest BCUT2D eigenvalue weighted by molar-refractivity contribution is 7.12. The number of hydrogen-bond acceptors (Lipinski definition) is 3. The predicted molar refractivity (Wildman–Crippen MR) is 83.0 cm³/mol. The number of rotatable bonds is 6. The number of carbonyl (C=O) groups excluding carboxylic acids is 1. The number of carboxylic acid groups (broad SMARTS) is 1. The summed E-state index contributed by atoms with van der Waals surface area (Å²) in [5.41, 5.74) is 0.978. The van der Waals surface area contributed by atoms with Gasteiger partial charge < -0.3 is 10.4 Å². The number of amides is 1. The third-order valence-electron chi connectivity index (χ3n) is 2.74. The van der Waals surface area contributed by atoms with Crippen LogP contribution in [0.3, 0.4) is 0 Å². The molecule has 5 heteroatoms. The van der Waals surface area contributed by atoms with Crippen LogP contribution in [0, 0.1) is 0 Å². The number of carboxylic acids is 1. The molecule has 0 saturated heterocycles. The Bertz CT molecular complexity index is 647.